The molecule has 2 amide bonds. The summed E-state index contributed by atoms with van der Waals surface area (Å²) in [6.07, 6.45) is 7.52. The molecule has 8 nitrogen and oxygen atoms in total. The number of nitrogens with zero attached hydrogens (tertiary/aromatic N) is 2. The third-order valence-corrected chi connectivity index (χ3v) is 9.50. The number of fused-ring (bicyclic) bond motifs is 1. The minimum Gasteiger partial charge on any atom is -0.493 e. The predicted molar refractivity (Wildman–Crippen MR) is 160 cm³/mol. The fourth-order valence-corrected chi connectivity index (χ4v) is 7.32. The van der Waals surface area contributed by atoms with Crippen LogP contribution in [0.3, 0.4) is 0 Å². The van der Waals surface area contributed by atoms with Crippen LogP contribution >= 0.6 is 0 Å². The molecule has 1 saturated carbocycles. The maximum absolute atomic E-state index is 13.5. The van der Waals surface area contributed by atoms with E-state index in [0.717, 1.165) is 68.5 Å². The first kappa shape index (κ1) is 31.3. The van der Waals surface area contributed by atoms with Crippen molar-refractivity contribution in [1.82, 2.24) is 9.80 Å². The molecular weight excluding hydrogens is 518 g/mol. The van der Waals surface area contributed by atoms with E-state index in [4.69, 9.17) is 10.5 Å². The SMILES string of the molecule is CCCCN(CCCN)C(=O)CC1CC[C@@H](CCN2CC(C)(C)CC2=O)[C@H](C(=O)O)[C@@H](c2ccc3c(c2)CCO3)C1. The van der Waals surface area contributed by atoms with Crippen LogP contribution in [-0.2, 0) is 20.8 Å². The quantitative estimate of drug-likeness (QED) is 0.329. The summed E-state index contributed by atoms with van der Waals surface area (Å²) in [5, 5.41) is 10.6. The zero-order chi connectivity index (χ0) is 29.6. The second-order valence-electron chi connectivity index (χ2n) is 13.4. The number of nitrogens with two attached hydrogens (primary N) is 1. The minimum absolute atomic E-state index is 0.0409. The number of unbranched alkanes of at least 4 members (excludes halogenated alkanes) is 1. The molecule has 8 heteroatoms. The standard InChI is InChI=1S/C33H51N3O5/c1-4-5-14-35(15-6-13-34)29(37)19-23-7-8-24(11-16-36-22-33(2,3)21-30(36)38)31(32(39)40)27(18-23)25-9-10-28-26(20-25)12-17-41-28/h9-10,20,23-24,27,31H,4-8,11-19,21-22,34H2,1-3H3,(H,39,40)/t23?,24-,27+,31-/m0/s1. The molecule has 0 aromatic heterocycles. The molecule has 228 valence electrons. The minimum atomic E-state index is -0.774. The number of rotatable bonds is 13. The Kier molecular flexibility index (Phi) is 10.7. The molecule has 2 aliphatic heterocycles. The highest BCUT2D eigenvalue weighted by atomic mass is 16.5. The van der Waals surface area contributed by atoms with E-state index in [0.29, 0.717) is 51.9 Å². The topological polar surface area (TPSA) is 113 Å². The van der Waals surface area contributed by atoms with Crippen LogP contribution in [0.1, 0.15) is 95.6 Å². The van der Waals surface area contributed by atoms with Gasteiger partial charge in [0.05, 0.1) is 12.5 Å². The molecule has 1 aliphatic carbocycles. The van der Waals surface area contributed by atoms with E-state index in [-0.39, 0.29) is 35.0 Å². The number of carbonyl (C=O) groups excluding carboxylic acids is 2. The number of carbonyl (C=O) groups is 3. The van der Waals surface area contributed by atoms with Gasteiger partial charge in [-0.25, -0.2) is 0 Å². The van der Waals surface area contributed by atoms with Gasteiger partial charge in [-0.3, -0.25) is 14.4 Å². The van der Waals surface area contributed by atoms with E-state index in [2.05, 4.69) is 26.8 Å². The summed E-state index contributed by atoms with van der Waals surface area (Å²) in [6, 6.07) is 6.17. The number of hydrogen-bond acceptors (Lipinski definition) is 5. The van der Waals surface area contributed by atoms with Crippen molar-refractivity contribution in [3.05, 3.63) is 29.3 Å². The summed E-state index contributed by atoms with van der Waals surface area (Å²) in [5.41, 5.74) is 7.89. The number of ether oxygens (including phenoxy) is 1. The number of amides is 2. The van der Waals surface area contributed by atoms with Gasteiger partial charge >= 0.3 is 5.97 Å². The molecule has 4 rings (SSSR count). The Labute approximate surface area is 246 Å². The second-order valence-corrected chi connectivity index (χ2v) is 13.4. The zero-order valence-electron chi connectivity index (χ0n) is 25.4. The van der Waals surface area contributed by atoms with Gasteiger partial charge in [0.15, 0.2) is 0 Å². The Hall–Kier alpha value is -2.61. The molecule has 2 fully saturated rings. The van der Waals surface area contributed by atoms with Crippen LogP contribution in [0.5, 0.6) is 5.75 Å². The normalized spacial score (nSPS) is 25.5. The molecule has 0 spiro atoms. The Morgan fingerprint density at radius 1 is 1.20 bits per heavy atom. The molecule has 4 atom stereocenters. The molecule has 41 heavy (non-hydrogen) atoms. The lowest BCUT2D eigenvalue weighted by Crippen LogP contribution is -2.35. The first-order valence-corrected chi connectivity index (χ1v) is 15.9. The monoisotopic (exact) mass is 569 g/mol. The Morgan fingerprint density at radius 2 is 1.98 bits per heavy atom. The molecule has 0 radical (unpaired) electrons. The van der Waals surface area contributed by atoms with E-state index in [1.165, 1.54) is 0 Å². The van der Waals surface area contributed by atoms with Crippen molar-refractivity contribution in [2.45, 2.75) is 90.9 Å². The number of benzene rings is 1. The van der Waals surface area contributed by atoms with Crippen LogP contribution in [-0.4, -0.2) is 72.0 Å². The lowest BCUT2D eigenvalue weighted by atomic mass is 9.74. The van der Waals surface area contributed by atoms with Crippen molar-refractivity contribution in [2.75, 3.05) is 39.3 Å². The van der Waals surface area contributed by atoms with E-state index < -0.39 is 11.9 Å². The summed E-state index contributed by atoms with van der Waals surface area (Å²) >= 11 is 0. The smallest absolute Gasteiger partial charge is 0.307 e. The van der Waals surface area contributed by atoms with Gasteiger partial charge in [0.25, 0.3) is 0 Å². The van der Waals surface area contributed by atoms with Crippen molar-refractivity contribution in [3.63, 3.8) is 0 Å². The maximum atomic E-state index is 13.5. The number of carboxylic acid groups (broad SMARTS) is 1. The van der Waals surface area contributed by atoms with Gasteiger partial charge in [0.1, 0.15) is 5.75 Å². The van der Waals surface area contributed by atoms with Crippen LogP contribution in [0, 0.1) is 23.2 Å². The van der Waals surface area contributed by atoms with Crippen LogP contribution < -0.4 is 10.5 Å². The van der Waals surface area contributed by atoms with Gasteiger partial charge in [-0.2, -0.15) is 0 Å². The molecule has 0 bridgehead atoms. The summed E-state index contributed by atoms with van der Waals surface area (Å²) < 4.78 is 5.73. The van der Waals surface area contributed by atoms with Crippen LogP contribution in [0.4, 0.5) is 0 Å². The molecule has 3 aliphatic rings. The fraction of sp³-hybridized carbons (Fsp3) is 0.727. The highest BCUT2D eigenvalue weighted by Gasteiger charge is 2.42. The van der Waals surface area contributed by atoms with Gasteiger partial charge in [-0.1, -0.05) is 39.3 Å². The summed E-state index contributed by atoms with van der Waals surface area (Å²) in [7, 11) is 0. The van der Waals surface area contributed by atoms with Crippen molar-refractivity contribution >= 4 is 17.8 Å². The van der Waals surface area contributed by atoms with Gasteiger partial charge in [-0.05, 0) is 85.4 Å². The van der Waals surface area contributed by atoms with Crippen LogP contribution in [0.2, 0.25) is 0 Å². The fourth-order valence-electron chi connectivity index (χ4n) is 7.32. The Morgan fingerprint density at radius 3 is 2.66 bits per heavy atom. The molecule has 1 aromatic rings. The zero-order valence-corrected chi connectivity index (χ0v) is 25.4. The van der Waals surface area contributed by atoms with Gasteiger partial charge in [-0.15, -0.1) is 0 Å². The molecule has 1 saturated heterocycles. The lowest BCUT2D eigenvalue weighted by molar-refractivity contribution is -0.144. The van der Waals surface area contributed by atoms with Crippen LogP contribution in [0.15, 0.2) is 18.2 Å². The van der Waals surface area contributed by atoms with E-state index in [9.17, 15) is 19.5 Å². The van der Waals surface area contributed by atoms with E-state index in [1.807, 2.05) is 21.9 Å². The average molecular weight is 570 g/mol. The molecule has 1 aromatic carbocycles. The summed E-state index contributed by atoms with van der Waals surface area (Å²) in [5.74, 6) is -0.266. The Bertz CT molecular complexity index is 1060. The number of aliphatic carboxylic acids is 1. The largest absolute Gasteiger partial charge is 0.493 e. The number of hydrogen-bond donors (Lipinski definition) is 2. The third kappa shape index (κ3) is 8.02. The van der Waals surface area contributed by atoms with Crippen molar-refractivity contribution in [1.29, 1.82) is 0 Å². The molecular formula is C33H51N3O5. The number of carboxylic acids is 1. The highest BCUT2D eigenvalue weighted by Crippen LogP contribution is 2.46. The van der Waals surface area contributed by atoms with Gasteiger partial charge < -0.3 is 25.4 Å². The van der Waals surface area contributed by atoms with Gasteiger partial charge in [0, 0.05) is 45.4 Å². The van der Waals surface area contributed by atoms with Crippen LogP contribution in [0.25, 0.3) is 0 Å². The number of likely N-dealkylation sites (tertiary alicyclic amines) is 1. The molecule has 3 N–H and O–H groups in total. The predicted octanol–water partition coefficient (Wildman–Crippen LogP) is 4.84. The Balaban J connectivity index is 1.57. The van der Waals surface area contributed by atoms with Crippen molar-refractivity contribution in [3.8, 4) is 5.75 Å². The van der Waals surface area contributed by atoms with E-state index >= 15 is 0 Å². The van der Waals surface area contributed by atoms with Crippen molar-refractivity contribution < 1.29 is 24.2 Å². The second kappa shape index (κ2) is 14.0. The first-order valence-electron chi connectivity index (χ1n) is 15.9. The average Bonchev–Trinajstić information content (AvgIpc) is 3.44. The molecule has 1 unspecified atom stereocenters. The molecule has 2 heterocycles. The summed E-state index contributed by atoms with van der Waals surface area (Å²) in [6.45, 7) is 10.3. The van der Waals surface area contributed by atoms with Gasteiger partial charge in [0.2, 0.25) is 11.8 Å². The van der Waals surface area contributed by atoms with Crippen molar-refractivity contribution in [2.24, 2.45) is 28.9 Å². The third-order valence-electron chi connectivity index (χ3n) is 9.50. The summed E-state index contributed by atoms with van der Waals surface area (Å²) in [4.78, 5) is 43.1. The maximum Gasteiger partial charge on any atom is 0.307 e. The highest BCUT2D eigenvalue weighted by molar-refractivity contribution is 5.79. The van der Waals surface area contributed by atoms with E-state index in [1.54, 1.807) is 0 Å². The lowest BCUT2D eigenvalue weighted by Gasteiger charge is -2.31. The first-order chi connectivity index (χ1) is 19.6.